The van der Waals surface area contributed by atoms with E-state index >= 15 is 0 Å². The van der Waals surface area contributed by atoms with Gasteiger partial charge in [0.25, 0.3) is 0 Å². The molecule has 3 rings (SSSR count). The molecule has 5 nitrogen and oxygen atoms in total. The Morgan fingerprint density at radius 1 is 1.04 bits per heavy atom. The van der Waals surface area contributed by atoms with Crippen molar-refractivity contribution in [1.82, 2.24) is 9.55 Å². The van der Waals surface area contributed by atoms with Crippen molar-refractivity contribution in [2.75, 3.05) is 0 Å². The van der Waals surface area contributed by atoms with E-state index < -0.39 is 5.69 Å². The molecule has 0 fully saturated rings. The normalized spacial score (nSPS) is 10.5. The standard InChI is InChI=1S/C17H13FN2O3/c18-13-3-1-12(2-4-13)11-23-16-9-10-20(17(22)19-16)14-5-7-15(21)8-6-14/h1-10,21H,11H2. The van der Waals surface area contributed by atoms with Crippen molar-refractivity contribution >= 4 is 0 Å². The number of halogens is 1. The molecule has 0 amide bonds. The van der Waals surface area contributed by atoms with Gasteiger partial charge in [0.2, 0.25) is 5.88 Å². The van der Waals surface area contributed by atoms with Crippen molar-refractivity contribution in [3.63, 3.8) is 0 Å². The molecule has 0 atom stereocenters. The maximum atomic E-state index is 12.8. The highest BCUT2D eigenvalue weighted by molar-refractivity contribution is 5.36. The number of rotatable bonds is 4. The Labute approximate surface area is 131 Å². The van der Waals surface area contributed by atoms with Crippen LogP contribution in [-0.2, 0) is 6.61 Å². The zero-order chi connectivity index (χ0) is 16.2. The molecular formula is C17H13FN2O3. The maximum absolute atomic E-state index is 12.8. The van der Waals surface area contributed by atoms with Gasteiger partial charge in [-0.2, -0.15) is 4.98 Å². The highest BCUT2D eigenvalue weighted by Gasteiger charge is 2.04. The molecular weight excluding hydrogens is 299 g/mol. The van der Waals surface area contributed by atoms with Gasteiger partial charge in [-0.3, -0.25) is 4.57 Å². The number of hydrogen-bond donors (Lipinski definition) is 1. The second-order valence-electron chi connectivity index (χ2n) is 4.85. The largest absolute Gasteiger partial charge is 0.508 e. The predicted octanol–water partition coefficient (Wildman–Crippen LogP) is 2.66. The van der Waals surface area contributed by atoms with Crippen LogP contribution in [0, 0.1) is 5.82 Å². The molecule has 0 radical (unpaired) electrons. The highest BCUT2D eigenvalue weighted by Crippen LogP contribution is 2.13. The molecule has 0 spiro atoms. The van der Waals surface area contributed by atoms with Crippen LogP contribution in [0.3, 0.4) is 0 Å². The summed E-state index contributed by atoms with van der Waals surface area (Å²) in [5.74, 6) is -0.00765. The fraction of sp³-hybridized carbons (Fsp3) is 0.0588. The third kappa shape index (κ3) is 3.55. The van der Waals surface area contributed by atoms with Gasteiger partial charge < -0.3 is 9.84 Å². The van der Waals surface area contributed by atoms with Crippen LogP contribution in [0.1, 0.15) is 5.56 Å². The summed E-state index contributed by atoms with van der Waals surface area (Å²) in [5.41, 5.74) is 0.869. The first-order valence-electron chi connectivity index (χ1n) is 6.88. The number of nitrogens with zero attached hydrogens (tertiary/aromatic N) is 2. The van der Waals surface area contributed by atoms with Crippen molar-refractivity contribution in [2.24, 2.45) is 0 Å². The maximum Gasteiger partial charge on any atom is 0.355 e. The quantitative estimate of drug-likeness (QED) is 0.804. The fourth-order valence-corrected chi connectivity index (χ4v) is 2.02. The fourth-order valence-electron chi connectivity index (χ4n) is 2.02. The first-order chi connectivity index (χ1) is 11.1. The lowest BCUT2D eigenvalue weighted by atomic mass is 10.2. The van der Waals surface area contributed by atoms with Crippen molar-refractivity contribution in [3.8, 4) is 17.3 Å². The summed E-state index contributed by atoms with van der Waals surface area (Å²) >= 11 is 0. The summed E-state index contributed by atoms with van der Waals surface area (Å²) in [5, 5.41) is 9.27. The van der Waals surface area contributed by atoms with Gasteiger partial charge in [0.1, 0.15) is 18.2 Å². The van der Waals surface area contributed by atoms with Crippen LogP contribution in [-0.4, -0.2) is 14.7 Å². The Balaban J connectivity index is 1.75. The van der Waals surface area contributed by atoms with Gasteiger partial charge in [0.15, 0.2) is 0 Å². The molecule has 6 heteroatoms. The topological polar surface area (TPSA) is 64.3 Å². The third-order valence-electron chi connectivity index (χ3n) is 3.21. The minimum atomic E-state index is -0.493. The van der Waals surface area contributed by atoms with E-state index in [0.717, 1.165) is 5.56 Å². The van der Waals surface area contributed by atoms with Crippen LogP contribution in [0.15, 0.2) is 65.6 Å². The first-order valence-corrected chi connectivity index (χ1v) is 6.88. The highest BCUT2D eigenvalue weighted by atomic mass is 19.1. The SMILES string of the molecule is O=c1nc(OCc2ccc(F)cc2)ccn1-c1ccc(O)cc1. The molecule has 2 aromatic carbocycles. The Bertz CT molecular complexity index is 858. The molecule has 1 heterocycles. The Kier molecular flexibility index (Phi) is 4.05. The zero-order valence-electron chi connectivity index (χ0n) is 12.0. The number of phenolic OH excluding ortho intramolecular Hbond substituents is 1. The summed E-state index contributed by atoms with van der Waals surface area (Å²) in [6.45, 7) is 0.190. The molecule has 0 aliphatic heterocycles. The minimum Gasteiger partial charge on any atom is -0.508 e. The van der Waals surface area contributed by atoms with Gasteiger partial charge in [-0.25, -0.2) is 9.18 Å². The molecule has 1 aromatic heterocycles. The Morgan fingerprint density at radius 2 is 1.74 bits per heavy atom. The van der Waals surface area contributed by atoms with Crippen LogP contribution >= 0.6 is 0 Å². The van der Waals surface area contributed by atoms with Gasteiger partial charge in [-0.1, -0.05) is 12.1 Å². The van der Waals surface area contributed by atoms with Crippen molar-refractivity contribution in [1.29, 1.82) is 0 Å². The number of ether oxygens (including phenoxy) is 1. The van der Waals surface area contributed by atoms with Crippen molar-refractivity contribution in [3.05, 3.63) is 82.7 Å². The molecule has 0 aliphatic rings. The van der Waals surface area contributed by atoms with Crippen LogP contribution in [0.5, 0.6) is 11.6 Å². The summed E-state index contributed by atoms with van der Waals surface area (Å²) in [6.07, 6.45) is 1.54. The second-order valence-corrected chi connectivity index (χ2v) is 4.85. The van der Waals surface area contributed by atoms with Crippen molar-refractivity contribution < 1.29 is 14.2 Å². The number of benzene rings is 2. The first kappa shape index (κ1) is 14.8. The van der Waals surface area contributed by atoms with E-state index in [2.05, 4.69) is 4.98 Å². The summed E-state index contributed by atoms with van der Waals surface area (Å²) in [4.78, 5) is 15.9. The lowest BCUT2D eigenvalue weighted by Crippen LogP contribution is -2.21. The predicted molar refractivity (Wildman–Crippen MR) is 82.2 cm³/mol. The molecule has 0 bridgehead atoms. The van der Waals surface area contributed by atoms with E-state index in [1.54, 1.807) is 36.5 Å². The van der Waals surface area contributed by atoms with Gasteiger partial charge in [0, 0.05) is 12.3 Å². The van der Waals surface area contributed by atoms with E-state index in [1.807, 2.05) is 0 Å². The van der Waals surface area contributed by atoms with E-state index in [-0.39, 0.29) is 24.1 Å². The van der Waals surface area contributed by atoms with E-state index in [1.165, 1.54) is 28.8 Å². The smallest absolute Gasteiger partial charge is 0.355 e. The molecule has 0 saturated heterocycles. The molecule has 0 saturated carbocycles. The van der Waals surface area contributed by atoms with Crippen LogP contribution in [0.25, 0.3) is 5.69 Å². The summed E-state index contributed by atoms with van der Waals surface area (Å²) in [6, 6.07) is 13.7. The molecule has 3 aromatic rings. The van der Waals surface area contributed by atoms with Gasteiger partial charge >= 0.3 is 5.69 Å². The average molecular weight is 312 g/mol. The molecule has 0 unspecified atom stereocenters. The van der Waals surface area contributed by atoms with E-state index in [4.69, 9.17) is 4.74 Å². The zero-order valence-corrected chi connectivity index (χ0v) is 12.0. The minimum absolute atomic E-state index is 0.119. The van der Waals surface area contributed by atoms with Gasteiger partial charge in [0.05, 0.1) is 5.69 Å². The lowest BCUT2D eigenvalue weighted by molar-refractivity contribution is 0.291. The number of phenols is 1. The number of hydrogen-bond acceptors (Lipinski definition) is 4. The van der Waals surface area contributed by atoms with Gasteiger partial charge in [-0.05, 0) is 42.0 Å². The lowest BCUT2D eigenvalue weighted by Gasteiger charge is -2.08. The second kappa shape index (κ2) is 6.31. The van der Waals surface area contributed by atoms with Gasteiger partial charge in [-0.15, -0.1) is 0 Å². The third-order valence-corrected chi connectivity index (χ3v) is 3.21. The molecule has 1 N–H and O–H groups in total. The number of aromatic hydroxyl groups is 1. The Morgan fingerprint density at radius 3 is 2.39 bits per heavy atom. The Hall–Kier alpha value is -3.15. The van der Waals surface area contributed by atoms with E-state index in [0.29, 0.717) is 5.69 Å². The van der Waals surface area contributed by atoms with Crippen LogP contribution in [0.4, 0.5) is 4.39 Å². The molecule has 23 heavy (non-hydrogen) atoms. The molecule has 116 valence electrons. The summed E-state index contributed by atoms with van der Waals surface area (Å²) < 4.78 is 19.6. The summed E-state index contributed by atoms with van der Waals surface area (Å²) in [7, 11) is 0. The van der Waals surface area contributed by atoms with Crippen LogP contribution in [0.2, 0.25) is 0 Å². The van der Waals surface area contributed by atoms with Crippen LogP contribution < -0.4 is 10.4 Å². The van der Waals surface area contributed by atoms with E-state index in [9.17, 15) is 14.3 Å². The van der Waals surface area contributed by atoms with Crippen molar-refractivity contribution in [2.45, 2.75) is 6.61 Å². The molecule has 0 aliphatic carbocycles. The average Bonchev–Trinajstić information content (AvgIpc) is 2.55. The monoisotopic (exact) mass is 312 g/mol. The number of aromatic nitrogens is 2.